The van der Waals surface area contributed by atoms with Crippen LogP contribution in [0.3, 0.4) is 0 Å². The first-order chi connectivity index (χ1) is 9.74. The number of para-hydroxylation sites is 1. The van der Waals surface area contributed by atoms with Gasteiger partial charge in [-0.3, -0.25) is 4.90 Å². The third-order valence-corrected chi connectivity index (χ3v) is 4.49. The van der Waals surface area contributed by atoms with E-state index in [1.54, 1.807) is 0 Å². The number of anilines is 1. The smallest absolute Gasteiger partial charge is 0.146 e. The van der Waals surface area contributed by atoms with E-state index >= 15 is 0 Å². The molecule has 0 amide bonds. The Morgan fingerprint density at radius 1 is 1.35 bits per heavy atom. The fraction of sp³-hybridized carbons (Fsp3) is 0.625. The van der Waals surface area contributed by atoms with Crippen molar-refractivity contribution in [1.82, 2.24) is 9.80 Å². The van der Waals surface area contributed by atoms with Crippen LogP contribution in [0, 0.1) is 0 Å². The highest BCUT2D eigenvalue weighted by Crippen LogP contribution is 2.32. The molecule has 0 saturated carbocycles. The number of hydrogen-bond acceptors (Lipinski definition) is 4. The van der Waals surface area contributed by atoms with Crippen molar-refractivity contribution < 1.29 is 4.74 Å². The molecule has 1 N–H and O–H groups in total. The first kappa shape index (κ1) is 13.7. The van der Waals surface area contributed by atoms with Crippen LogP contribution in [-0.4, -0.2) is 56.2 Å². The van der Waals surface area contributed by atoms with Gasteiger partial charge in [-0.2, -0.15) is 0 Å². The highest BCUT2D eigenvalue weighted by Gasteiger charge is 2.22. The summed E-state index contributed by atoms with van der Waals surface area (Å²) < 4.78 is 5.86. The van der Waals surface area contributed by atoms with E-state index in [2.05, 4.69) is 47.4 Å². The maximum atomic E-state index is 5.86. The fourth-order valence-corrected chi connectivity index (χ4v) is 3.19. The number of hydrogen-bond donors (Lipinski definition) is 1. The van der Waals surface area contributed by atoms with Crippen molar-refractivity contribution in [3.63, 3.8) is 0 Å². The van der Waals surface area contributed by atoms with E-state index in [1.165, 1.54) is 31.5 Å². The molecule has 0 bridgehead atoms. The summed E-state index contributed by atoms with van der Waals surface area (Å²) in [6, 6.07) is 7.11. The van der Waals surface area contributed by atoms with Crippen molar-refractivity contribution in [3.05, 3.63) is 23.8 Å². The number of fused-ring (bicyclic) bond motifs is 1. The zero-order chi connectivity index (χ0) is 13.9. The molecule has 0 aliphatic carbocycles. The Kier molecular flexibility index (Phi) is 4.13. The zero-order valence-corrected chi connectivity index (χ0v) is 12.6. The van der Waals surface area contributed by atoms with Gasteiger partial charge in [0.2, 0.25) is 0 Å². The molecule has 2 heterocycles. The zero-order valence-electron chi connectivity index (χ0n) is 12.6. The Labute approximate surface area is 121 Å². The normalized spacial score (nSPS) is 20.4. The van der Waals surface area contributed by atoms with Gasteiger partial charge in [0, 0.05) is 24.7 Å². The van der Waals surface area contributed by atoms with Crippen molar-refractivity contribution >= 4 is 5.69 Å². The second kappa shape index (κ2) is 6.02. The molecule has 0 aromatic heterocycles. The average molecular weight is 275 g/mol. The summed E-state index contributed by atoms with van der Waals surface area (Å²) >= 11 is 0. The van der Waals surface area contributed by atoms with Gasteiger partial charge in [-0.15, -0.1) is 0 Å². The third kappa shape index (κ3) is 2.91. The van der Waals surface area contributed by atoms with E-state index in [0.717, 1.165) is 31.1 Å². The molecular formula is C16H25N3O. The third-order valence-electron chi connectivity index (χ3n) is 4.49. The second-order valence-corrected chi connectivity index (χ2v) is 6.02. The van der Waals surface area contributed by atoms with Crippen LogP contribution in [-0.2, 0) is 6.54 Å². The van der Waals surface area contributed by atoms with Crippen LogP contribution in [0.2, 0.25) is 0 Å². The molecule has 0 unspecified atom stereocenters. The van der Waals surface area contributed by atoms with Crippen molar-refractivity contribution in [2.24, 2.45) is 0 Å². The highest BCUT2D eigenvalue weighted by molar-refractivity contribution is 5.61. The number of piperidine rings is 1. The lowest BCUT2D eigenvalue weighted by atomic mass is 10.0. The van der Waals surface area contributed by atoms with E-state index in [-0.39, 0.29) is 0 Å². The molecule has 2 aliphatic heterocycles. The first-order valence-electron chi connectivity index (χ1n) is 7.61. The van der Waals surface area contributed by atoms with Gasteiger partial charge >= 0.3 is 0 Å². The quantitative estimate of drug-likeness (QED) is 0.913. The summed E-state index contributed by atoms with van der Waals surface area (Å²) in [6.07, 6.45) is 2.53. The molecule has 110 valence electrons. The minimum Gasteiger partial charge on any atom is -0.489 e. The Balaban J connectivity index is 1.68. The molecule has 0 atom stereocenters. The summed E-state index contributed by atoms with van der Waals surface area (Å²) in [7, 11) is 4.45. The predicted octanol–water partition coefficient (Wildman–Crippen LogP) is 2.02. The van der Waals surface area contributed by atoms with Crippen LogP contribution in [0.4, 0.5) is 5.69 Å². The average Bonchev–Trinajstić information content (AvgIpc) is 2.48. The van der Waals surface area contributed by atoms with Gasteiger partial charge in [0.15, 0.2) is 0 Å². The van der Waals surface area contributed by atoms with Gasteiger partial charge < -0.3 is 15.0 Å². The minimum absolute atomic E-state index is 0.693. The van der Waals surface area contributed by atoms with Gasteiger partial charge in [-0.1, -0.05) is 12.1 Å². The SMILES string of the molecule is CN1CCC(N(C)Cc2cccc3c2OCCN3)CC1. The second-order valence-electron chi connectivity index (χ2n) is 6.02. The van der Waals surface area contributed by atoms with E-state index in [1.807, 2.05) is 0 Å². The Morgan fingerprint density at radius 2 is 2.15 bits per heavy atom. The molecule has 20 heavy (non-hydrogen) atoms. The maximum Gasteiger partial charge on any atom is 0.146 e. The monoisotopic (exact) mass is 275 g/mol. The predicted molar refractivity (Wildman–Crippen MR) is 82.4 cm³/mol. The molecule has 1 aromatic rings. The standard InChI is InChI=1S/C16H25N3O/c1-18-9-6-14(7-10-18)19(2)12-13-4-3-5-15-16(13)20-11-8-17-15/h3-5,14,17H,6-12H2,1-2H3. The van der Waals surface area contributed by atoms with Gasteiger partial charge in [-0.05, 0) is 46.1 Å². The molecule has 0 spiro atoms. The lowest BCUT2D eigenvalue weighted by Crippen LogP contribution is -2.41. The van der Waals surface area contributed by atoms with E-state index in [9.17, 15) is 0 Å². The van der Waals surface area contributed by atoms with Crippen LogP contribution >= 0.6 is 0 Å². The molecule has 4 heteroatoms. The fourth-order valence-electron chi connectivity index (χ4n) is 3.19. The van der Waals surface area contributed by atoms with Gasteiger partial charge in [0.1, 0.15) is 12.4 Å². The molecule has 3 rings (SSSR count). The largest absolute Gasteiger partial charge is 0.489 e. The van der Waals surface area contributed by atoms with Crippen LogP contribution in [0.25, 0.3) is 0 Å². The Morgan fingerprint density at radius 3 is 2.95 bits per heavy atom. The van der Waals surface area contributed by atoms with Crippen molar-refractivity contribution in [1.29, 1.82) is 0 Å². The van der Waals surface area contributed by atoms with Crippen LogP contribution < -0.4 is 10.1 Å². The maximum absolute atomic E-state index is 5.86. The highest BCUT2D eigenvalue weighted by atomic mass is 16.5. The van der Waals surface area contributed by atoms with Crippen molar-refractivity contribution in [2.45, 2.75) is 25.4 Å². The van der Waals surface area contributed by atoms with Crippen LogP contribution in [0.1, 0.15) is 18.4 Å². The lowest BCUT2D eigenvalue weighted by Gasteiger charge is -2.35. The number of rotatable bonds is 3. The molecule has 4 nitrogen and oxygen atoms in total. The lowest BCUT2D eigenvalue weighted by molar-refractivity contribution is 0.138. The van der Waals surface area contributed by atoms with Gasteiger partial charge in [0.05, 0.1) is 5.69 Å². The molecule has 1 fully saturated rings. The van der Waals surface area contributed by atoms with Crippen molar-refractivity contribution in [2.75, 3.05) is 45.7 Å². The van der Waals surface area contributed by atoms with Gasteiger partial charge in [0.25, 0.3) is 0 Å². The molecule has 1 saturated heterocycles. The minimum atomic E-state index is 0.693. The summed E-state index contributed by atoms with van der Waals surface area (Å²) in [4.78, 5) is 4.91. The van der Waals surface area contributed by atoms with Crippen LogP contribution in [0.5, 0.6) is 5.75 Å². The van der Waals surface area contributed by atoms with E-state index in [4.69, 9.17) is 4.74 Å². The topological polar surface area (TPSA) is 27.7 Å². The van der Waals surface area contributed by atoms with E-state index in [0.29, 0.717) is 6.04 Å². The molecule has 0 radical (unpaired) electrons. The Bertz CT molecular complexity index is 455. The summed E-state index contributed by atoms with van der Waals surface area (Å²) in [5, 5.41) is 3.41. The number of likely N-dealkylation sites (tertiary alicyclic amines) is 1. The summed E-state index contributed by atoms with van der Waals surface area (Å²) in [5.41, 5.74) is 2.45. The molecule has 2 aliphatic rings. The Hall–Kier alpha value is -1.26. The summed E-state index contributed by atoms with van der Waals surface area (Å²) in [6.45, 7) is 5.06. The molecular weight excluding hydrogens is 250 g/mol. The summed E-state index contributed by atoms with van der Waals surface area (Å²) in [5.74, 6) is 1.05. The number of benzene rings is 1. The van der Waals surface area contributed by atoms with Gasteiger partial charge in [-0.25, -0.2) is 0 Å². The van der Waals surface area contributed by atoms with Crippen molar-refractivity contribution in [3.8, 4) is 5.75 Å². The first-order valence-corrected chi connectivity index (χ1v) is 7.61. The van der Waals surface area contributed by atoms with Crippen LogP contribution in [0.15, 0.2) is 18.2 Å². The number of ether oxygens (including phenoxy) is 1. The van der Waals surface area contributed by atoms with E-state index < -0.39 is 0 Å². The molecule has 1 aromatic carbocycles. The number of nitrogens with zero attached hydrogens (tertiary/aromatic N) is 2. The number of nitrogens with one attached hydrogen (secondary N) is 1.